The van der Waals surface area contributed by atoms with Crippen LogP contribution in [0.2, 0.25) is 0 Å². The van der Waals surface area contributed by atoms with E-state index < -0.39 is 6.04 Å². The average Bonchev–Trinajstić information content (AvgIpc) is 2.67. The molecule has 0 saturated carbocycles. The van der Waals surface area contributed by atoms with Gasteiger partial charge in [0.15, 0.2) is 0 Å². The molecule has 0 fully saturated rings. The van der Waals surface area contributed by atoms with Crippen LogP contribution < -0.4 is 10.6 Å². The number of carbonyl (C=O) groups excluding carboxylic acids is 2. The van der Waals surface area contributed by atoms with Crippen molar-refractivity contribution in [2.24, 2.45) is 5.92 Å². The predicted octanol–water partition coefficient (Wildman–Crippen LogP) is 4.62. The summed E-state index contributed by atoms with van der Waals surface area (Å²) < 4.78 is 0. The van der Waals surface area contributed by atoms with Crippen LogP contribution in [-0.4, -0.2) is 17.9 Å². The van der Waals surface area contributed by atoms with Crippen molar-refractivity contribution in [2.75, 3.05) is 5.32 Å². The lowest BCUT2D eigenvalue weighted by Crippen LogP contribution is -2.44. The lowest BCUT2D eigenvalue weighted by molar-refractivity contribution is -0.118. The zero-order valence-corrected chi connectivity index (χ0v) is 15.6. The van der Waals surface area contributed by atoms with Crippen LogP contribution >= 0.6 is 0 Å². The SMILES string of the molecule is CC(C)C[C@@H](NC(=O)c1ccccc1)C(=O)Nc1ccc2ccccc2c1. The number of benzene rings is 3. The molecule has 2 N–H and O–H groups in total. The molecule has 27 heavy (non-hydrogen) atoms. The molecule has 3 aromatic carbocycles. The van der Waals surface area contributed by atoms with Crippen LogP contribution in [0.4, 0.5) is 5.69 Å². The molecule has 0 radical (unpaired) electrons. The zero-order valence-electron chi connectivity index (χ0n) is 15.6. The fraction of sp³-hybridized carbons (Fsp3) is 0.217. The van der Waals surface area contributed by atoms with E-state index in [1.165, 1.54) is 0 Å². The molecule has 3 rings (SSSR count). The van der Waals surface area contributed by atoms with Gasteiger partial charge in [-0.1, -0.05) is 62.4 Å². The van der Waals surface area contributed by atoms with Gasteiger partial charge in [-0.25, -0.2) is 0 Å². The monoisotopic (exact) mass is 360 g/mol. The van der Waals surface area contributed by atoms with Gasteiger partial charge in [0.1, 0.15) is 6.04 Å². The van der Waals surface area contributed by atoms with Crippen LogP contribution in [0.15, 0.2) is 72.8 Å². The van der Waals surface area contributed by atoms with Crippen molar-refractivity contribution in [1.82, 2.24) is 5.32 Å². The molecule has 0 aromatic heterocycles. The van der Waals surface area contributed by atoms with Gasteiger partial charge in [0, 0.05) is 11.3 Å². The van der Waals surface area contributed by atoms with Crippen LogP contribution in [0.3, 0.4) is 0 Å². The maximum absolute atomic E-state index is 12.8. The summed E-state index contributed by atoms with van der Waals surface area (Å²) in [4.78, 5) is 25.3. The van der Waals surface area contributed by atoms with Crippen LogP contribution in [0.5, 0.6) is 0 Å². The van der Waals surface area contributed by atoms with Gasteiger partial charge < -0.3 is 10.6 Å². The first-order valence-corrected chi connectivity index (χ1v) is 9.18. The molecule has 0 aliphatic carbocycles. The summed E-state index contributed by atoms with van der Waals surface area (Å²) in [7, 11) is 0. The van der Waals surface area contributed by atoms with E-state index in [0.29, 0.717) is 12.0 Å². The van der Waals surface area contributed by atoms with E-state index in [0.717, 1.165) is 16.5 Å². The highest BCUT2D eigenvalue weighted by molar-refractivity contribution is 6.02. The minimum atomic E-state index is -0.593. The van der Waals surface area contributed by atoms with Crippen LogP contribution in [0, 0.1) is 5.92 Å². The van der Waals surface area contributed by atoms with E-state index in [4.69, 9.17) is 0 Å². The molecule has 0 spiro atoms. The molecule has 2 amide bonds. The number of nitrogens with one attached hydrogen (secondary N) is 2. The van der Waals surface area contributed by atoms with Crippen molar-refractivity contribution in [2.45, 2.75) is 26.3 Å². The molecule has 0 bridgehead atoms. The van der Waals surface area contributed by atoms with Crippen molar-refractivity contribution < 1.29 is 9.59 Å². The van der Waals surface area contributed by atoms with E-state index >= 15 is 0 Å². The molecular weight excluding hydrogens is 336 g/mol. The number of fused-ring (bicyclic) bond motifs is 1. The smallest absolute Gasteiger partial charge is 0.251 e. The Morgan fingerprint density at radius 3 is 2.22 bits per heavy atom. The van der Waals surface area contributed by atoms with E-state index in [1.54, 1.807) is 12.1 Å². The van der Waals surface area contributed by atoms with Crippen molar-refractivity contribution in [3.05, 3.63) is 78.4 Å². The van der Waals surface area contributed by atoms with Gasteiger partial charge in [-0.05, 0) is 47.4 Å². The molecule has 0 unspecified atom stereocenters. The summed E-state index contributed by atoms with van der Waals surface area (Å²) in [6.45, 7) is 4.07. The standard InChI is InChI=1S/C23H24N2O2/c1-16(2)14-21(25-22(26)18-9-4-3-5-10-18)23(27)24-20-13-12-17-8-6-7-11-19(17)15-20/h3-13,15-16,21H,14H2,1-2H3,(H,24,27)(H,25,26)/t21-/m1/s1. The summed E-state index contributed by atoms with van der Waals surface area (Å²) in [6, 6.07) is 22.1. The Morgan fingerprint density at radius 2 is 1.52 bits per heavy atom. The van der Waals surface area contributed by atoms with Gasteiger partial charge in [0.25, 0.3) is 5.91 Å². The molecule has 138 valence electrons. The summed E-state index contributed by atoms with van der Waals surface area (Å²) in [5.41, 5.74) is 1.27. The Kier molecular flexibility index (Phi) is 5.87. The van der Waals surface area contributed by atoms with Gasteiger partial charge in [0.05, 0.1) is 0 Å². The maximum atomic E-state index is 12.8. The highest BCUT2D eigenvalue weighted by atomic mass is 16.2. The summed E-state index contributed by atoms with van der Waals surface area (Å²) in [5.74, 6) is -0.174. The molecule has 1 atom stereocenters. The highest BCUT2D eigenvalue weighted by Gasteiger charge is 2.22. The molecule has 0 aliphatic heterocycles. The fourth-order valence-electron chi connectivity index (χ4n) is 3.03. The topological polar surface area (TPSA) is 58.2 Å². The fourth-order valence-corrected chi connectivity index (χ4v) is 3.03. The van der Waals surface area contributed by atoms with Gasteiger partial charge in [-0.3, -0.25) is 9.59 Å². The third-order valence-electron chi connectivity index (χ3n) is 4.38. The Labute approximate surface area is 159 Å². The van der Waals surface area contributed by atoms with Crippen molar-refractivity contribution in [3.8, 4) is 0 Å². The third-order valence-corrected chi connectivity index (χ3v) is 4.38. The second-order valence-corrected chi connectivity index (χ2v) is 7.07. The minimum Gasteiger partial charge on any atom is -0.340 e. The number of hydrogen-bond acceptors (Lipinski definition) is 2. The molecule has 4 nitrogen and oxygen atoms in total. The van der Waals surface area contributed by atoms with Gasteiger partial charge in [-0.2, -0.15) is 0 Å². The highest BCUT2D eigenvalue weighted by Crippen LogP contribution is 2.19. The molecule has 0 saturated heterocycles. The second kappa shape index (κ2) is 8.49. The number of hydrogen-bond donors (Lipinski definition) is 2. The number of rotatable bonds is 6. The van der Waals surface area contributed by atoms with E-state index in [2.05, 4.69) is 10.6 Å². The molecule has 4 heteroatoms. The third kappa shape index (κ3) is 4.94. The molecular formula is C23H24N2O2. The maximum Gasteiger partial charge on any atom is 0.251 e. The van der Waals surface area contributed by atoms with Gasteiger partial charge >= 0.3 is 0 Å². The number of amides is 2. The summed E-state index contributed by atoms with van der Waals surface area (Å²) >= 11 is 0. The lowest BCUT2D eigenvalue weighted by Gasteiger charge is -2.20. The Hall–Kier alpha value is -3.14. The Bertz CT molecular complexity index is 935. The van der Waals surface area contributed by atoms with Crippen LogP contribution in [-0.2, 0) is 4.79 Å². The zero-order chi connectivity index (χ0) is 19.2. The first-order valence-electron chi connectivity index (χ1n) is 9.18. The van der Waals surface area contributed by atoms with Gasteiger partial charge in [-0.15, -0.1) is 0 Å². The molecule has 0 aliphatic rings. The first-order chi connectivity index (χ1) is 13.0. The van der Waals surface area contributed by atoms with Crippen LogP contribution in [0.25, 0.3) is 10.8 Å². The van der Waals surface area contributed by atoms with E-state index in [1.807, 2.05) is 74.5 Å². The van der Waals surface area contributed by atoms with Gasteiger partial charge in [0.2, 0.25) is 5.91 Å². The predicted molar refractivity (Wildman–Crippen MR) is 110 cm³/mol. The van der Waals surface area contributed by atoms with Crippen molar-refractivity contribution >= 4 is 28.3 Å². The molecule has 0 heterocycles. The Balaban J connectivity index is 1.75. The first kappa shape index (κ1) is 18.6. The van der Waals surface area contributed by atoms with Crippen molar-refractivity contribution in [1.29, 1.82) is 0 Å². The quantitative estimate of drug-likeness (QED) is 0.674. The average molecular weight is 360 g/mol. The number of carbonyl (C=O) groups is 2. The normalized spacial score (nSPS) is 12.0. The minimum absolute atomic E-state index is 0.205. The summed E-state index contributed by atoms with van der Waals surface area (Å²) in [6.07, 6.45) is 0.567. The van der Waals surface area contributed by atoms with Crippen LogP contribution in [0.1, 0.15) is 30.6 Å². The van der Waals surface area contributed by atoms with Crippen molar-refractivity contribution in [3.63, 3.8) is 0 Å². The van der Waals surface area contributed by atoms with E-state index in [-0.39, 0.29) is 17.7 Å². The number of anilines is 1. The summed E-state index contributed by atoms with van der Waals surface area (Å²) in [5, 5.41) is 7.99. The lowest BCUT2D eigenvalue weighted by atomic mass is 10.0. The Morgan fingerprint density at radius 1 is 0.852 bits per heavy atom. The van der Waals surface area contributed by atoms with E-state index in [9.17, 15) is 9.59 Å². The molecule has 3 aromatic rings. The largest absolute Gasteiger partial charge is 0.340 e. The second-order valence-electron chi connectivity index (χ2n) is 7.07.